The highest BCUT2D eigenvalue weighted by Gasteiger charge is 2.31. The highest BCUT2D eigenvalue weighted by molar-refractivity contribution is 9.10. The molecule has 1 amide bonds. The Morgan fingerprint density at radius 3 is 2.86 bits per heavy atom. The Balaban J connectivity index is 2.32. The molecule has 7 heteroatoms. The molecule has 1 aliphatic heterocycles. The van der Waals surface area contributed by atoms with E-state index in [4.69, 9.17) is 5.73 Å². The number of hydrogen-bond donors (Lipinski definition) is 1. The van der Waals surface area contributed by atoms with Gasteiger partial charge in [0.1, 0.15) is 0 Å². The summed E-state index contributed by atoms with van der Waals surface area (Å²) < 4.78 is 0.523. The quantitative estimate of drug-likeness (QED) is 0.666. The molecule has 0 saturated carbocycles. The summed E-state index contributed by atoms with van der Waals surface area (Å²) >= 11 is 3.22. The highest BCUT2D eigenvalue weighted by atomic mass is 79.9. The first kappa shape index (κ1) is 15.9. The van der Waals surface area contributed by atoms with Gasteiger partial charge in [0.05, 0.1) is 4.92 Å². The molecule has 0 spiro atoms. The van der Waals surface area contributed by atoms with Crippen molar-refractivity contribution in [1.82, 2.24) is 4.90 Å². The zero-order valence-corrected chi connectivity index (χ0v) is 13.4. The van der Waals surface area contributed by atoms with Crippen LogP contribution in [-0.2, 0) is 0 Å². The van der Waals surface area contributed by atoms with E-state index in [2.05, 4.69) is 22.9 Å². The number of hydrogen-bond acceptors (Lipinski definition) is 4. The lowest BCUT2D eigenvalue weighted by Gasteiger charge is -2.39. The number of nitro benzene ring substituents is 1. The topological polar surface area (TPSA) is 89.5 Å². The third-order valence-corrected chi connectivity index (χ3v) is 4.42. The average molecular weight is 356 g/mol. The van der Waals surface area contributed by atoms with Crippen LogP contribution in [0.15, 0.2) is 22.7 Å². The zero-order chi connectivity index (χ0) is 15.6. The molecule has 1 fully saturated rings. The van der Waals surface area contributed by atoms with Gasteiger partial charge in [0.2, 0.25) is 0 Å². The molecule has 2 unspecified atom stereocenters. The third-order valence-electron chi connectivity index (χ3n) is 3.96. The lowest BCUT2D eigenvalue weighted by atomic mass is 9.90. The van der Waals surface area contributed by atoms with Crippen molar-refractivity contribution in [3.8, 4) is 0 Å². The van der Waals surface area contributed by atoms with Crippen molar-refractivity contribution in [2.24, 2.45) is 11.7 Å². The van der Waals surface area contributed by atoms with Crippen molar-refractivity contribution in [3.63, 3.8) is 0 Å². The second kappa shape index (κ2) is 6.53. The predicted molar refractivity (Wildman–Crippen MR) is 83.1 cm³/mol. The van der Waals surface area contributed by atoms with Crippen molar-refractivity contribution in [2.75, 3.05) is 13.1 Å². The van der Waals surface area contributed by atoms with Crippen LogP contribution in [-0.4, -0.2) is 34.9 Å². The van der Waals surface area contributed by atoms with Gasteiger partial charge in [0.15, 0.2) is 0 Å². The number of carbonyl (C=O) groups is 1. The number of halogens is 1. The van der Waals surface area contributed by atoms with Crippen LogP contribution in [0, 0.1) is 16.0 Å². The van der Waals surface area contributed by atoms with Crippen LogP contribution in [0.3, 0.4) is 0 Å². The van der Waals surface area contributed by atoms with Crippen LogP contribution < -0.4 is 5.73 Å². The molecule has 1 aromatic carbocycles. The monoisotopic (exact) mass is 355 g/mol. The molecule has 0 aromatic heterocycles. The number of benzene rings is 1. The minimum atomic E-state index is -0.499. The highest BCUT2D eigenvalue weighted by Crippen LogP contribution is 2.27. The molecule has 0 aliphatic carbocycles. The smallest absolute Gasteiger partial charge is 0.271 e. The van der Waals surface area contributed by atoms with Crippen molar-refractivity contribution in [2.45, 2.75) is 25.8 Å². The molecular formula is C14H18BrN3O3. The van der Waals surface area contributed by atoms with Gasteiger partial charge in [-0.05, 0) is 24.8 Å². The Kier molecular flexibility index (Phi) is 4.95. The summed E-state index contributed by atoms with van der Waals surface area (Å²) in [6, 6.07) is 4.31. The Hall–Kier alpha value is -1.47. The molecule has 21 heavy (non-hydrogen) atoms. The summed E-state index contributed by atoms with van der Waals surface area (Å²) in [7, 11) is 0. The normalized spacial score (nSPS) is 22.1. The molecule has 0 radical (unpaired) electrons. The van der Waals surface area contributed by atoms with Gasteiger partial charge >= 0.3 is 0 Å². The first-order valence-corrected chi connectivity index (χ1v) is 7.69. The van der Waals surface area contributed by atoms with Crippen LogP contribution in [0.25, 0.3) is 0 Å². The number of nitrogens with zero attached hydrogens (tertiary/aromatic N) is 2. The van der Waals surface area contributed by atoms with Crippen LogP contribution in [0.4, 0.5) is 5.69 Å². The first-order chi connectivity index (χ1) is 9.93. The average Bonchev–Trinajstić information content (AvgIpc) is 2.45. The van der Waals surface area contributed by atoms with E-state index in [1.165, 1.54) is 12.1 Å². The van der Waals surface area contributed by atoms with Crippen LogP contribution in [0.2, 0.25) is 0 Å². The minimum Gasteiger partial charge on any atom is -0.334 e. The van der Waals surface area contributed by atoms with E-state index in [1.54, 1.807) is 11.0 Å². The van der Waals surface area contributed by atoms with Crippen molar-refractivity contribution < 1.29 is 9.72 Å². The maximum atomic E-state index is 12.7. The Labute approximate surface area is 131 Å². The van der Waals surface area contributed by atoms with Crippen molar-refractivity contribution in [1.29, 1.82) is 0 Å². The molecule has 1 saturated heterocycles. The predicted octanol–water partition coefficient (Wildman–Crippen LogP) is 2.56. The maximum Gasteiger partial charge on any atom is 0.271 e. The van der Waals surface area contributed by atoms with Gasteiger partial charge < -0.3 is 10.6 Å². The van der Waals surface area contributed by atoms with Gasteiger partial charge in [-0.15, -0.1) is 0 Å². The summed E-state index contributed by atoms with van der Waals surface area (Å²) in [6.07, 6.45) is 1.98. The van der Waals surface area contributed by atoms with E-state index >= 15 is 0 Å². The summed E-state index contributed by atoms with van der Waals surface area (Å²) in [4.78, 5) is 24.8. The van der Waals surface area contributed by atoms with Crippen LogP contribution >= 0.6 is 15.9 Å². The van der Waals surface area contributed by atoms with Gasteiger partial charge in [-0.25, -0.2) is 0 Å². The Morgan fingerprint density at radius 2 is 2.24 bits per heavy atom. The number of nitro groups is 1. The number of carbonyl (C=O) groups excluding carboxylic acids is 1. The molecule has 0 bridgehead atoms. The largest absolute Gasteiger partial charge is 0.334 e. The van der Waals surface area contributed by atoms with Gasteiger partial charge in [-0.1, -0.05) is 22.9 Å². The summed E-state index contributed by atoms with van der Waals surface area (Å²) in [5.41, 5.74) is 6.02. The molecule has 1 aromatic rings. The fourth-order valence-electron chi connectivity index (χ4n) is 2.83. The number of nitrogens with two attached hydrogens (primary N) is 1. The number of likely N-dealkylation sites (tertiary alicyclic amines) is 1. The fourth-order valence-corrected chi connectivity index (χ4v) is 3.31. The number of rotatable bonds is 3. The van der Waals surface area contributed by atoms with Gasteiger partial charge in [0, 0.05) is 41.3 Å². The number of piperidine rings is 1. The van der Waals surface area contributed by atoms with Crippen molar-refractivity contribution >= 4 is 27.5 Å². The third kappa shape index (κ3) is 3.41. The van der Waals surface area contributed by atoms with Gasteiger partial charge in [-0.3, -0.25) is 14.9 Å². The SMILES string of the molecule is CC1CCCN(C(=O)c2cc(Br)cc([N+](=O)[O-])c2)C1CN. The maximum absolute atomic E-state index is 12.7. The second-order valence-electron chi connectivity index (χ2n) is 5.38. The van der Waals surface area contributed by atoms with Crippen molar-refractivity contribution in [3.05, 3.63) is 38.3 Å². The van der Waals surface area contributed by atoms with Crippen LogP contribution in [0.1, 0.15) is 30.1 Å². The minimum absolute atomic E-state index is 0.00992. The summed E-state index contributed by atoms with van der Waals surface area (Å²) in [5.74, 6) is 0.149. The van der Waals surface area contributed by atoms with E-state index in [0.717, 1.165) is 12.8 Å². The molecule has 2 rings (SSSR count). The standard InChI is InChI=1S/C14H18BrN3O3/c1-9-3-2-4-17(13(9)8-16)14(19)10-5-11(15)7-12(6-10)18(20)21/h5-7,9,13H,2-4,8,16H2,1H3. The van der Waals surface area contributed by atoms with E-state index in [-0.39, 0.29) is 17.6 Å². The number of amides is 1. The Bertz CT molecular complexity index is 564. The lowest BCUT2D eigenvalue weighted by molar-refractivity contribution is -0.385. The molecule has 114 valence electrons. The summed E-state index contributed by atoms with van der Waals surface area (Å²) in [5, 5.41) is 10.9. The summed E-state index contributed by atoms with van der Waals surface area (Å²) in [6.45, 7) is 3.13. The van der Waals surface area contributed by atoms with E-state index < -0.39 is 4.92 Å². The molecular weight excluding hydrogens is 338 g/mol. The van der Waals surface area contributed by atoms with E-state index in [1.807, 2.05) is 0 Å². The molecule has 1 aliphatic rings. The zero-order valence-electron chi connectivity index (χ0n) is 11.8. The van der Waals surface area contributed by atoms with E-state index in [9.17, 15) is 14.9 Å². The number of non-ortho nitro benzene ring substituents is 1. The lowest BCUT2D eigenvalue weighted by Crippen LogP contribution is -2.51. The van der Waals surface area contributed by atoms with E-state index in [0.29, 0.717) is 29.0 Å². The molecule has 6 nitrogen and oxygen atoms in total. The van der Waals surface area contributed by atoms with Crippen LogP contribution in [0.5, 0.6) is 0 Å². The fraction of sp³-hybridized carbons (Fsp3) is 0.500. The first-order valence-electron chi connectivity index (χ1n) is 6.90. The van der Waals surface area contributed by atoms with Gasteiger partial charge in [0.25, 0.3) is 11.6 Å². The molecule has 1 heterocycles. The molecule has 2 N–H and O–H groups in total. The second-order valence-corrected chi connectivity index (χ2v) is 6.29. The van der Waals surface area contributed by atoms with Gasteiger partial charge in [-0.2, -0.15) is 0 Å². The Morgan fingerprint density at radius 1 is 1.52 bits per heavy atom. The molecule has 2 atom stereocenters.